The Bertz CT molecular complexity index is 1150. The van der Waals surface area contributed by atoms with E-state index in [9.17, 15) is 4.79 Å². The number of hydrogen-bond donors (Lipinski definition) is 1. The highest BCUT2D eigenvalue weighted by molar-refractivity contribution is 5.83. The van der Waals surface area contributed by atoms with Crippen LogP contribution in [0.1, 0.15) is 50.7 Å². The molecule has 1 saturated heterocycles. The molecule has 2 aromatic carbocycles. The van der Waals surface area contributed by atoms with Crippen LogP contribution in [0.2, 0.25) is 0 Å². The minimum absolute atomic E-state index is 0.222. The summed E-state index contributed by atoms with van der Waals surface area (Å²) < 4.78 is 16.3. The Labute approximate surface area is 195 Å². The normalized spacial score (nSPS) is 15.0. The zero-order valence-electron chi connectivity index (χ0n) is 20.3. The van der Waals surface area contributed by atoms with Crippen LogP contribution < -0.4 is 9.47 Å². The smallest absolute Gasteiger partial charge is 0.410 e. The van der Waals surface area contributed by atoms with Crippen molar-refractivity contribution in [1.82, 2.24) is 14.9 Å². The number of piperidine rings is 1. The number of hydrogen-bond acceptors (Lipinski definition) is 5. The van der Waals surface area contributed by atoms with Gasteiger partial charge in [0.1, 0.15) is 11.4 Å². The molecule has 7 heteroatoms. The van der Waals surface area contributed by atoms with Gasteiger partial charge in [-0.15, -0.1) is 0 Å². The molecule has 0 radical (unpaired) electrons. The summed E-state index contributed by atoms with van der Waals surface area (Å²) in [6.45, 7) is 9.21. The third kappa shape index (κ3) is 4.92. The first-order chi connectivity index (χ1) is 15.7. The molecule has 1 aliphatic rings. The number of nitrogens with zero attached hydrogens (tertiary/aromatic N) is 2. The first-order valence-electron chi connectivity index (χ1n) is 11.4. The fraction of sp³-hybridized carbons (Fsp3) is 0.462. The van der Waals surface area contributed by atoms with Gasteiger partial charge in [-0.25, -0.2) is 9.78 Å². The topological polar surface area (TPSA) is 76.7 Å². The Morgan fingerprint density at radius 1 is 1.06 bits per heavy atom. The number of aromatic amines is 1. The van der Waals surface area contributed by atoms with Gasteiger partial charge in [-0.05, 0) is 81.8 Å². The standard InChI is InChI=1S/C26H33N3O4/c1-16-13-19(17-9-11-29(12-10-17)25(30)33-26(2,3)4)14-20-23(16)28-24(27-20)18-7-8-21(31-5)22(15-18)32-6/h7-8,13-15,17H,9-12H2,1-6H3,(H,27,28). The number of nitrogens with one attached hydrogen (secondary N) is 1. The van der Waals surface area contributed by atoms with Crippen molar-refractivity contribution in [2.24, 2.45) is 0 Å². The summed E-state index contributed by atoms with van der Waals surface area (Å²) in [6.07, 6.45) is 1.61. The van der Waals surface area contributed by atoms with Gasteiger partial charge in [0.15, 0.2) is 11.5 Å². The molecule has 1 amide bonds. The van der Waals surface area contributed by atoms with Crippen molar-refractivity contribution in [3.63, 3.8) is 0 Å². The summed E-state index contributed by atoms with van der Waals surface area (Å²) in [4.78, 5) is 22.5. The Morgan fingerprint density at radius 3 is 2.39 bits per heavy atom. The van der Waals surface area contributed by atoms with Crippen LogP contribution in [0.3, 0.4) is 0 Å². The monoisotopic (exact) mass is 451 g/mol. The number of likely N-dealkylation sites (tertiary alicyclic amines) is 1. The van der Waals surface area contributed by atoms with Crippen LogP contribution in [0.4, 0.5) is 4.79 Å². The van der Waals surface area contributed by atoms with Crippen LogP contribution in [0.15, 0.2) is 30.3 Å². The quantitative estimate of drug-likeness (QED) is 0.553. The average Bonchev–Trinajstić information content (AvgIpc) is 3.22. The molecule has 1 N–H and O–H groups in total. The lowest BCUT2D eigenvalue weighted by molar-refractivity contribution is 0.0205. The van der Waals surface area contributed by atoms with Crippen molar-refractivity contribution in [3.05, 3.63) is 41.5 Å². The highest BCUT2D eigenvalue weighted by atomic mass is 16.6. The van der Waals surface area contributed by atoms with Crippen LogP contribution in [-0.4, -0.2) is 53.9 Å². The number of ether oxygens (including phenoxy) is 3. The minimum Gasteiger partial charge on any atom is -0.493 e. The summed E-state index contributed by atoms with van der Waals surface area (Å²) in [5, 5.41) is 0. The third-order valence-electron chi connectivity index (χ3n) is 6.07. The predicted molar refractivity (Wildman–Crippen MR) is 129 cm³/mol. The van der Waals surface area contributed by atoms with Crippen LogP contribution >= 0.6 is 0 Å². The molecular formula is C26H33N3O4. The molecule has 176 valence electrons. The van der Waals surface area contributed by atoms with E-state index in [1.165, 1.54) is 5.56 Å². The molecule has 7 nitrogen and oxygen atoms in total. The number of rotatable bonds is 4. The molecular weight excluding hydrogens is 418 g/mol. The molecule has 4 rings (SSSR count). The predicted octanol–water partition coefficient (Wildman–Crippen LogP) is 5.67. The van der Waals surface area contributed by atoms with E-state index in [4.69, 9.17) is 19.2 Å². The lowest BCUT2D eigenvalue weighted by Crippen LogP contribution is -2.41. The Morgan fingerprint density at radius 2 is 1.76 bits per heavy atom. The molecule has 1 aromatic heterocycles. The molecule has 2 heterocycles. The number of fused-ring (bicyclic) bond motifs is 1. The second-order valence-corrected chi connectivity index (χ2v) is 9.63. The number of amides is 1. The molecule has 1 aliphatic heterocycles. The van der Waals surface area contributed by atoms with Crippen molar-refractivity contribution in [2.45, 2.75) is 52.1 Å². The van der Waals surface area contributed by atoms with Gasteiger partial charge in [0, 0.05) is 18.7 Å². The van der Waals surface area contributed by atoms with Crippen LogP contribution in [0.5, 0.6) is 11.5 Å². The van der Waals surface area contributed by atoms with E-state index in [1.807, 2.05) is 43.9 Å². The molecule has 0 spiro atoms. The first-order valence-corrected chi connectivity index (χ1v) is 11.4. The van der Waals surface area contributed by atoms with E-state index in [0.29, 0.717) is 30.5 Å². The molecule has 0 aliphatic carbocycles. The zero-order chi connectivity index (χ0) is 23.8. The molecule has 3 aromatic rings. The summed E-state index contributed by atoms with van der Waals surface area (Å²) in [7, 11) is 3.26. The second-order valence-electron chi connectivity index (χ2n) is 9.63. The van der Waals surface area contributed by atoms with Crippen molar-refractivity contribution >= 4 is 17.1 Å². The van der Waals surface area contributed by atoms with E-state index in [0.717, 1.165) is 40.8 Å². The van der Waals surface area contributed by atoms with Crippen molar-refractivity contribution in [3.8, 4) is 22.9 Å². The van der Waals surface area contributed by atoms with Gasteiger partial charge in [-0.1, -0.05) is 6.07 Å². The number of carbonyl (C=O) groups is 1. The van der Waals surface area contributed by atoms with E-state index in [-0.39, 0.29) is 6.09 Å². The Balaban J connectivity index is 1.54. The van der Waals surface area contributed by atoms with Gasteiger partial charge in [0.05, 0.1) is 25.3 Å². The largest absolute Gasteiger partial charge is 0.493 e. The molecule has 0 unspecified atom stereocenters. The van der Waals surface area contributed by atoms with Crippen LogP contribution in [0.25, 0.3) is 22.4 Å². The molecule has 1 fully saturated rings. The summed E-state index contributed by atoms with van der Waals surface area (Å²) >= 11 is 0. The van der Waals surface area contributed by atoms with Crippen molar-refractivity contribution < 1.29 is 19.0 Å². The average molecular weight is 452 g/mol. The third-order valence-corrected chi connectivity index (χ3v) is 6.07. The first kappa shape index (κ1) is 23.0. The zero-order valence-corrected chi connectivity index (χ0v) is 20.3. The Kier molecular flexibility index (Phi) is 6.23. The van der Waals surface area contributed by atoms with Crippen molar-refractivity contribution in [2.75, 3.05) is 27.3 Å². The summed E-state index contributed by atoms with van der Waals surface area (Å²) in [5.41, 5.74) is 4.88. The maximum Gasteiger partial charge on any atom is 0.410 e. The van der Waals surface area contributed by atoms with Gasteiger partial charge in [-0.3, -0.25) is 0 Å². The van der Waals surface area contributed by atoms with Gasteiger partial charge < -0.3 is 24.1 Å². The van der Waals surface area contributed by atoms with Gasteiger partial charge in [-0.2, -0.15) is 0 Å². The number of methoxy groups -OCH3 is 2. The van der Waals surface area contributed by atoms with Gasteiger partial charge in [0.25, 0.3) is 0 Å². The Hall–Kier alpha value is -3.22. The molecule has 0 saturated carbocycles. The maximum atomic E-state index is 12.4. The number of aromatic nitrogens is 2. The van der Waals surface area contributed by atoms with Gasteiger partial charge in [0.2, 0.25) is 0 Å². The molecule has 0 bridgehead atoms. The number of carbonyl (C=O) groups excluding carboxylic acids is 1. The fourth-order valence-corrected chi connectivity index (χ4v) is 4.40. The number of imidazole rings is 1. The van der Waals surface area contributed by atoms with E-state index in [2.05, 4.69) is 24.0 Å². The number of aryl methyl sites for hydroxylation is 1. The lowest BCUT2D eigenvalue weighted by Gasteiger charge is -2.33. The number of benzene rings is 2. The van der Waals surface area contributed by atoms with E-state index < -0.39 is 5.60 Å². The summed E-state index contributed by atoms with van der Waals surface area (Å²) in [6, 6.07) is 10.2. The minimum atomic E-state index is -0.470. The number of H-pyrrole nitrogens is 1. The fourth-order valence-electron chi connectivity index (χ4n) is 4.40. The van der Waals surface area contributed by atoms with E-state index in [1.54, 1.807) is 14.2 Å². The summed E-state index contributed by atoms with van der Waals surface area (Å²) in [5.74, 6) is 2.56. The van der Waals surface area contributed by atoms with E-state index >= 15 is 0 Å². The van der Waals surface area contributed by atoms with Crippen molar-refractivity contribution in [1.29, 1.82) is 0 Å². The van der Waals surface area contributed by atoms with Gasteiger partial charge >= 0.3 is 6.09 Å². The lowest BCUT2D eigenvalue weighted by atomic mass is 9.88. The second kappa shape index (κ2) is 8.96. The molecule has 33 heavy (non-hydrogen) atoms. The highest BCUT2D eigenvalue weighted by Gasteiger charge is 2.28. The van der Waals surface area contributed by atoms with Crippen LogP contribution in [0, 0.1) is 6.92 Å². The maximum absolute atomic E-state index is 12.4. The molecule has 0 atom stereocenters. The highest BCUT2D eigenvalue weighted by Crippen LogP contribution is 2.35. The van der Waals surface area contributed by atoms with Crippen LogP contribution in [-0.2, 0) is 4.74 Å². The SMILES string of the molecule is COc1ccc(-c2nc3c(C)cc(C4CCN(C(=O)OC(C)(C)C)CC4)cc3[nH]2)cc1OC.